The van der Waals surface area contributed by atoms with Crippen LogP contribution in [0.1, 0.15) is 0 Å². The first-order chi connectivity index (χ1) is 11.7. The van der Waals surface area contributed by atoms with Gasteiger partial charge in [0.05, 0.1) is 24.2 Å². The summed E-state index contributed by atoms with van der Waals surface area (Å²) in [6, 6.07) is 14.1. The van der Waals surface area contributed by atoms with Crippen LogP contribution in [0.2, 0.25) is 0 Å². The van der Waals surface area contributed by atoms with Gasteiger partial charge in [-0.05, 0) is 23.6 Å². The van der Waals surface area contributed by atoms with Gasteiger partial charge in [0.1, 0.15) is 11.3 Å². The summed E-state index contributed by atoms with van der Waals surface area (Å²) < 4.78 is 5.71. The molecular formula is C19H9N3O2. The van der Waals surface area contributed by atoms with Gasteiger partial charge < -0.3 is 9.52 Å². The van der Waals surface area contributed by atoms with Crippen molar-refractivity contribution in [1.29, 1.82) is 0 Å². The summed E-state index contributed by atoms with van der Waals surface area (Å²) in [4.78, 5) is 11.0. The molecule has 0 saturated carbocycles. The fourth-order valence-corrected chi connectivity index (χ4v) is 2.67. The summed E-state index contributed by atoms with van der Waals surface area (Å²) >= 11 is 0. The molecule has 0 radical (unpaired) electrons. The van der Waals surface area contributed by atoms with Crippen LogP contribution in [0, 0.1) is 13.1 Å². The van der Waals surface area contributed by atoms with Crippen molar-refractivity contribution in [2.45, 2.75) is 0 Å². The second kappa shape index (κ2) is 5.12. The maximum atomic E-state index is 10.5. The molecule has 5 nitrogen and oxygen atoms in total. The number of benzene rings is 3. The van der Waals surface area contributed by atoms with Crippen LogP contribution in [-0.2, 0) is 0 Å². The zero-order valence-electron chi connectivity index (χ0n) is 12.3. The lowest BCUT2D eigenvalue weighted by molar-refractivity contribution is 0.480. The number of aromatic hydroxyl groups is 1. The number of aromatic nitrogens is 1. The standard InChI is InChI=1S/C19H9N3O2/c1-20-14-9-16-17(10-15(14)21-2)24-19(22-16)13-8-7-11-5-3-4-6-12(11)18(13)23/h3-10,23H. The number of rotatable bonds is 1. The minimum Gasteiger partial charge on any atom is -0.506 e. The Bertz CT molecular complexity index is 1140. The van der Waals surface area contributed by atoms with Crippen molar-refractivity contribution in [3.63, 3.8) is 0 Å². The molecule has 3 aromatic carbocycles. The quantitative estimate of drug-likeness (QED) is 0.475. The molecule has 1 N–H and O–H groups in total. The smallest absolute Gasteiger partial charge is 0.230 e. The maximum absolute atomic E-state index is 10.5. The predicted molar refractivity (Wildman–Crippen MR) is 91.1 cm³/mol. The Morgan fingerprint density at radius 2 is 1.71 bits per heavy atom. The van der Waals surface area contributed by atoms with Crippen LogP contribution < -0.4 is 0 Å². The predicted octanol–water partition coefficient (Wildman–Crippen LogP) is 5.46. The average Bonchev–Trinajstić information content (AvgIpc) is 3.03. The molecule has 4 rings (SSSR count). The first kappa shape index (κ1) is 13.8. The van der Waals surface area contributed by atoms with Gasteiger partial charge in [0.2, 0.25) is 5.89 Å². The molecule has 0 unspecified atom stereocenters. The Morgan fingerprint density at radius 3 is 2.50 bits per heavy atom. The van der Waals surface area contributed by atoms with E-state index in [2.05, 4.69) is 14.7 Å². The van der Waals surface area contributed by atoms with Gasteiger partial charge in [-0.2, -0.15) is 0 Å². The largest absolute Gasteiger partial charge is 0.506 e. The highest BCUT2D eigenvalue weighted by Crippen LogP contribution is 2.39. The van der Waals surface area contributed by atoms with Crippen molar-refractivity contribution >= 4 is 33.2 Å². The molecule has 0 aliphatic rings. The number of oxazole rings is 1. The number of hydrogen-bond acceptors (Lipinski definition) is 3. The SMILES string of the molecule is [C-]#[N+]c1cc2nc(-c3ccc4ccccc4c3O)oc2cc1[N+]#[C-]. The van der Waals surface area contributed by atoms with E-state index in [-0.39, 0.29) is 23.0 Å². The van der Waals surface area contributed by atoms with E-state index in [0.29, 0.717) is 22.0 Å². The molecule has 24 heavy (non-hydrogen) atoms. The highest BCUT2D eigenvalue weighted by Gasteiger charge is 2.16. The molecule has 0 saturated heterocycles. The van der Waals surface area contributed by atoms with E-state index < -0.39 is 0 Å². The van der Waals surface area contributed by atoms with E-state index >= 15 is 0 Å². The summed E-state index contributed by atoms with van der Waals surface area (Å²) in [6.45, 7) is 14.3. The molecular weight excluding hydrogens is 302 g/mol. The highest BCUT2D eigenvalue weighted by atomic mass is 16.3. The lowest BCUT2D eigenvalue weighted by Crippen LogP contribution is -1.81. The van der Waals surface area contributed by atoms with Gasteiger partial charge in [0.25, 0.3) is 0 Å². The Labute approximate surface area is 137 Å². The molecule has 1 aromatic heterocycles. The normalized spacial score (nSPS) is 10.6. The van der Waals surface area contributed by atoms with Crippen LogP contribution in [0.25, 0.3) is 43.0 Å². The second-order valence-corrected chi connectivity index (χ2v) is 5.23. The number of nitrogens with zero attached hydrogens (tertiary/aromatic N) is 3. The number of hydrogen-bond donors (Lipinski definition) is 1. The molecule has 112 valence electrons. The summed E-state index contributed by atoms with van der Waals surface area (Å²) in [6.07, 6.45) is 0. The molecule has 1 heterocycles. The van der Waals surface area contributed by atoms with Gasteiger partial charge in [-0.1, -0.05) is 30.3 Å². The fraction of sp³-hybridized carbons (Fsp3) is 0. The molecule has 0 aliphatic heterocycles. The van der Waals surface area contributed by atoms with E-state index in [1.165, 1.54) is 12.1 Å². The van der Waals surface area contributed by atoms with Crippen molar-refractivity contribution in [3.8, 4) is 17.2 Å². The Hall–Kier alpha value is -3.83. The maximum Gasteiger partial charge on any atom is 0.230 e. The lowest BCUT2D eigenvalue weighted by atomic mass is 10.1. The number of phenolic OH excluding ortho intramolecular Hbond substituents is 1. The number of phenols is 1. The van der Waals surface area contributed by atoms with E-state index in [4.69, 9.17) is 17.6 Å². The van der Waals surface area contributed by atoms with Crippen molar-refractivity contribution in [2.24, 2.45) is 0 Å². The zero-order chi connectivity index (χ0) is 16.7. The van der Waals surface area contributed by atoms with Gasteiger partial charge in [-0.25, -0.2) is 9.83 Å². The first-order valence-corrected chi connectivity index (χ1v) is 7.12. The zero-order valence-corrected chi connectivity index (χ0v) is 12.3. The summed E-state index contributed by atoms with van der Waals surface area (Å²) in [7, 11) is 0. The van der Waals surface area contributed by atoms with E-state index in [1.807, 2.05) is 30.3 Å². The summed E-state index contributed by atoms with van der Waals surface area (Å²) in [5.74, 6) is 0.349. The van der Waals surface area contributed by atoms with Gasteiger partial charge >= 0.3 is 0 Å². The van der Waals surface area contributed by atoms with Gasteiger partial charge in [0.15, 0.2) is 11.4 Å². The van der Waals surface area contributed by atoms with Gasteiger partial charge in [0, 0.05) is 5.39 Å². The van der Waals surface area contributed by atoms with Crippen LogP contribution in [0.5, 0.6) is 5.75 Å². The van der Waals surface area contributed by atoms with E-state index in [9.17, 15) is 5.11 Å². The van der Waals surface area contributed by atoms with Crippen LogP contribution in [0.15, 0.2) is 52.9 Å². The van der Waals surface area contributed by atoms with Crippen molar-refractivity contribution in [2.75, 3.05) is 0 Å². The van der Waals surface area contributed by atoms with Crippen LogP contribution in [0.4, 0.5) is 11.4 Å². The van der Waals surface area contributed by atoms with Crippen molar-refractivity contribution in [3.05, 3.63) is 71.4 Å². The Morgan fingerprint density at radius 1 is 0.958 bits per heavy atom. The monoisotopic (exact) mass is 311 g/mol. The molecule has 0 fully saturated rings. The third-order valence-electron chi connectivity index (χ3n) is 3.86. The van der Waals surface area contributed by atoms with Crippen molar-refractivity contribution in [1.82, 2.24) is 4.98 Å². The molecule has 0 aliphatic carbocycles. The van der Waals surface area contributed by atoms with Crippen LogP contribution in [0.3, 0.4) is 0 Å². The summed E-state index contributed by atoms with van der Waals surface area (Å²) in [5.41, 5.74) is 1.83. The molecule has 0 spiro atoms. The van der Waals surface area contributed by atoms with Crippen molar-refractivity contribution < 1.29 is 9.52 Å². The molecule has 5 heteroatoms. The topological polar surface area (TPSA) is 55.0 Å². The highest BCUT2D eigenvalue weighted by molar-refractivity contribution is 5.95. The third-order valence-corrected chi connectivity index (χ3v) is 3.86. The van der Waals surface area contributed by atoms with Gasteiger partial charge in [-0.15, -0.1) is 0 Å². The molecule has 0 amide bonds. The van der Waals surface area contributed by atoms with Gasteiger partial charge in [-0.3, -0.25) is 4.85 Å². The minimum absolute atomic E-state index is 0.0930. The summed E-state index contributed by atoms with van der Waals surface area (Å²) in [5, 5.41) is 12.2. The third kappa shape index (κ3) is 1.97. The number of fused-ring (bicyclic) bond motifs is 2. The van der Waals surface area contributed by atoms with E-state index in [0.717, 1.165) is 5.39 Å². The Kier molecular flexibility index (Phi) is 2.94. The molecule has 0 atom stereocenters. The minimum atomic E-state index is 0.0930. The van der Waals surface area contributed by atoms with Crippen LogP contribution in [-0.4, -0.2) is 10.1 Å². The van der Waals surface area contributed by atoms with Crippen LogP contribution >= 0.6 is 0 Å². The van der Waals surface area contributed by atoms with E-state index in [1.54, 1.807) is 6.07 Å². The first-order valence-electron chi connectivity index (χ1n) is 7.12. The molecule has 4 aromatic rings. The second-order valence-electron chi connectivity index (χ2n) is 5.23. The lowest BCUT2D eigenvalue weighted by Gasteiger charge is -2.04. The molecule has 0 bridgehead atoms. The Balaban J connectivity index is 1.96. The fourth-order valence-electron chi connectivity index (χ4n) is 2.67. The average molecular weight is 311 g/mol.